The van der Waals surface area contributed by atoms with E-state index in [9.17, 15) is 9.59 Å². The fourth-order valence-corrected chi connectivity index (χ4v) is 4.12. The Morgan fingerprint density at radius 2 is 1.97 bits per heavy atom. The van der Waals surface area contributed by atoms with E-state index in [-0.39, 0.29) is 17.9 Å². The molecule has 8 heteroatoms. The first-order chi connectivity index (χ1) is 13.9. The zero-order valence-corrected chi connectivity index (χ0v) is 17.5. The molecule has 1 aromatic rings. The number of hydrogen-bond acceptors (Lipinski definition) is 5. The Labute approximate surface area is 171 Å². The molecule has 1 fully saturated rings. The summed E-state index contributed by atoms with van der Waals surface area (Å²) in [5, 5.41) is 0. The molecule has 1 unspecified atom stereocenters. The average molecular weight is 398 g/mol. The minimum atomic E-state index is -0.531. The van der Waals surface area contributed by atoms with Gasteiger partial charge in [0.15, 0.2) is 0 Å². The summed E-state index contributed by atoms with van der Waals surface area (Å²) in [5.74, 6) is 2.12. The Bertz CT molecular complexity index is 890. The van der Waals surface area contributed by atoms with Crippen LogP contribution in [0.3, 0.4) is 0 Å². The van der Waals surface area contributed by atoms with Gasteiger partial charge in [0.25, 0.3) is 5.91 Å². The lowest BCUT2D eigenvalue weighted by atomic mass is 10.1. The number of carbonyl (C=O) groups is 2. The van der Waals surface area contributed by atoms with Gasteiger partial charge in [-0.05, 0) is 37.1 Å². The molecule has 0 aliphatic carbocycles. The first-order valence-electron chi connectivity index (χ1n) is 10.2. The highest BCUT2D eigenvalue weighted by molar-refractivity contribution is 6.24. The zero-order chi connectivity index (χ0) is 20.7. The van der Waals surface area contributed by atoms with E-state index in [0.29, 0.717) is 19.0 Å². The summed E-state index contributed by atoms with van der Waals surface area (Å²) in [7, 11) is 1.70. The predicted octanol–water partition coefficient (Wildman–Crippen LogP) is 1.99. The topological polar surface area (TPSA) is 68.5 Å². The maximum atomic E-state index is 13.2. The molecular formula is C21H28N5O3+. The Hall–Kier alpha value is -2.90. The molecule has 0 spiro atoms. The maximum absolute atomic E-state index is 13.2. The minimum absolute atomic E-state index is 0.177. The molecule has 1 saturated heterocycles. The van der Waals surface area contributed by atoms with E-state index in [2.05, 4.69) is 4.90 Å². The number of amidine groups is 1. The van der Waals surface area contributed by atoms with Crippen LogP contribution in [0.4, 0.5) is 10.5 Å². The number of likely N-dealkylation sites (N-methyl/N-ethyl adjacent to an activating group) is 1. The van der Waals surface area contributed by atoms with Crippen molar-refractivity contribution in [3.05, 3.63) is 24.3 Å². The molecule has 4 rings (SSSR count). The number of rotatable bonds is 5. The van der Waals surface area contributed by atoms with Crippen LogP contribution >= 0.6 is 0 Å². The molecule has 0 N–H and O–H groups in total. The van der Waals surface area contributed by atoms with Gasteiger partial charge in [-0.1, -0.05) is 18.8 Å². The molecule has 3 aliphatic heterocycles. The number of nitrogens with zero attached hydrogens (tertiary/aromatic N) is 5. The average Bonchev–Trinajstić information content (AvgIpc) is 3.10. The number of ether oxygens (including phenoxy) is 1. The first-order valence-corrected chi connectivity index (χ1v) is 10.2. The number of hydrogen-bond donors (Lipinski definition) is 0. The fourth-order valence-electron chi connectivity index (χ4n) is 4.12. The second-order valence-electron chi connectivity index (χ2n) is 7.98. The van der Waals surface area contributed by atoms with Crippen LogP contribution in [-0.4, -0.2) is 77.4 Å². The third kappa shape index (κ3) is 3.26. The van der Waals surface area contributed by atoms with Gasteiger partial charge in [-0.25, -0.2) is 14.3 Å². The van der Waals surface area contributed by atoms with Crippen molar-refractivity contribution in [1.29, 1.82) is 0 Å². The van der Waals surface area contributed by atoms with Gasteiger partial charge in [0, 0.05) is 20.0 Å². The Morgan fingerprint density at radius 1 is 1.24 bits per heavy atom. The highest BCUT2D eigenvalue weighted by Crippen LogP contribution is 2.28. The van der Waals surface area contributed by atoms with Gasteiger partial charge in [0.2, 0.25) is 11.9 Å². The second-order valence-corrected chi connectivity index (χ2v) is 7.98. The number of urea groups is 1. The first kappa shape index (κ1) is 19.4. The van der Waals surface area contributed by atoms with E-state index in [1.54, 1.807) is 7.05 Å². The zero-order valence-electron chi connectivity index (χ0n) is 17.5. The smallest absolute Gasteiger partial charge is 0.397 e. The number of imide groups is 1. The number of amides is 3. The second kappa shape index (κ2) is 7.50. The molecular weight excluding hydrogens is 370 g/mol. The number of benzene rings is 1. The van der Waals surface area contributed by atoms with Crippen molar-refractivity contribution in [1.82, 2.24) is 9.80 Å². The normalized spacial score (nSPS) is 21.6. The minimum Gasteiger partial charge on any atom is -0.494 e. The number of aliphatic imine (C=N–C) groups is 1. The largest absolute Gasteiger partial charge is 0.494 e. The molecule has 0 radical (unpaired) electrons. The van der Waals surface area contributed by atoms with E-state index in [4.69, 9.17) is 9.73 Å². The molecule has 8 nitrogen and oxygen atoms in total. The van der Waals surface area contributed by atoms with Gasteiger partial charge in [-0.2, -0.15) is 0 Å². The van der Waals surface area contributed by atoms with E-state index >= 15 is 0 Å². The van der Waals surface area contributed by atoms with Crippen molar-refractivity contribution in [3.63, 3.8) is 0 Å². The van der Waals surface area contributed by atoms with Gasteiger partial charge in [-0.3, -0.25) is 14.6 Å². The lowest BCUT2D eigenvalue weighted by Crippen LogP contribution is -2.63. The molecule has 0 aromatic heterocycles. The van der Waals surface area contributed by atoms with Gasteiger partial charge in [0.05, 0.1) is 19.7 Å². The summed E-state index contributed by atoms with van der Waals surface area (Å²) in [6.45, 7) is 8.56. The van der Waals surface area contributed by atoms with E-state index < -0.39 is 6.04 Å². The molecule has 29 heavy (non-hydrogen) atoms. The van der Waals surface area contributed by atoms with Crippen LogP contribution in [0.15, 0.2) is 29.3 Å². The van der Waals surface area contributed by atoms with Crippen molar-refractivity contribution in [2.24, 2.45) is 10.9 Å². The van der Waals surface area contributed by atoms with Crippen LogP contribution in [-0.2, 0) is 4.79 Å². The molecule has 154 valence electrons. The Kier molecular flexibility index (Phi) is 5.02. The Morgan fingerprint density at radius 3 is 2.62 bits per heavy atom. The highest BCUT2D eigenvalue weighted by Gasteiger charge is 2.54. The van der Waals surface area contributed by atoms with Gasteiger partial charge >= 0.3 is 12.0 Å². The van der Waals surface area contributed by atoms with Crippen LogP contribution in [0.2, 0.25) is 0 Å². The van der Waals surface area contributed by atoms with Crippen molar-refractivity contribution in [3.8, 4) is 5.75 Å². The van der Waals surface area contributed by atoms with Crippen molar-refractivity contribution in [2.45, 2.75) is 33.2 Å². The molecule has 0 saturated carbocycles. The molecule has 3 amide bonds. The summed E-state index contributed by atoms with van der Waals surface area (Å²) in [6.07, 6.45) is 0.908. The predicted molar refractivity (Wildman–Crippen MR) is 111 cm³/mol. The van der Waals surface area contributed by atoms with Crippen LogP contribution in [0.25, 0.3) is 0 Å². The molecule has 3 heterocycles. The molecule has 0 bridgehead atoms. The molecule has 3 aliphatic rings. The SMILES string of the molecule is CCOc1ccc(N2CCC[N+]3=C2N=C2C3C(=O)N(CC(C)C)C(=O)N2C)cc1. The van der Waals surface area contributed by atoms with Crippen molar-refractivity contribution >= 4 is 29.4 Å². The van der Waals surface area contributed by atoms with E-state index in [1.165, 1.54) is 9.80 Å². The van der Waals surface area contributed by atoms with Crippen LogP contribution in [0.5, 0.6) is 5.75 Å². The fraction of sp³-hybridized carbons (Fsp3) is 0.524. The molecule has 1 atom stereocenters. The monoisotopic (exact) mass is 398 g/mol. The lowest BCUT2D eigenvalue weighted by molar-refractivity contribution is -0.539. The standard InChI is InChI=1S/C21H28N5O3/c1-5-29-16-9-7-15(8-10-16)24-11-6-12-25-17-18(22-20(24)25)23(4)21(28)26(19(17)27)13-14(2)3/h7-10,14,17H,5-6,11-13H2,1-4H3/q+1. The highest BCUT2D eigenvalue weighted by atomic mass is 16.5. The summed E-state index contributed by atoms with van der Waals surface area (Å²) < 4.78 is 7.57. The van der Waals surface area contributed by atoms with E-state index in [0.717, 1.165) is 36.9 Å². The Balaban J connectivity index is 1.69. The summed E-state index contributed by atoms with van der Waals surface area (Å²) in [6, 6.07) is 7.07. The van der Waals surface area contributed by atoms with Crippen LogP contribution in [0, 0.1) is 5.92 Å². The maximum Gasteiger partial charge on any atom is 0.397 e. The summed E-state index contributed by atoms with van der Waals surface area (Å²) >= 11 is 0. The third-order valence-electron chi connectivity index (χ3n) is 5.42. The molecule has 1 aromatic carbocycles. The van der Waals surface area contributed by atoms with Crippen molar-refractivity contribution in [2.75, 3.05) is 38.2 Å². The van der Waals surface area contributed by atoms with Crippen LogP contribution in [0.1, 0.15) is 27.2 Å². The number of guanidine groups is 1. The van der Waals surface area contributed by atoms with E-state index in [1.807, 2.05) is 49.6 Å². The number of fused-ring (bicyclic) bond motifs is 2. The number of carbonyl (C=O) groups excluding carboxylic acids is 2. The lowest BCUT2D eigenvalue weighted by Gasteiger charge is -2.35. The van der Waals surface area contributed by atoms with Gasteiger partial charge in [-0.15, -0.1) is 0 Å². The van der Waals surface area contributed by atoms with Gasteiger partial charge in [0.1, 0.15) is 11.4 Å². The van der Waals surface area contributed by atoms with Gasteiger partial charge < -0.3 is 4.74 Å². The summed E-state index contributed by atoms with van der Waals surface area (Å²) in [4.78, 5) is 35.7. The third-order valence-corrected chi connectivity index (χ3v) is 5.42. The van der Waals surface area contributed by atoms with Crippen molar-refractivity contribution < 1.29 is 18.9 Å². The summed E-state index contributed by atoms with van der Waals surface area (Å²) in [5.41, 5.74) is 0.997. The number of anilines is 1. The van der Waals surface area contributed by atoms with Crippen LogP contribution < -0.4 is 9.64 Å². The quantitative estimate of drug-likeness (QED) is 0.712.